The van der Waals surface area contributed by atoms with Crippen LogP contribution >= 0.6 is 0 Å². The predicted molar refractivity (Wildman–Crippen MR) is 66.9 cm³/mol. The highest BCUT2D eigenvalue weighted by molar-refractivity contribution is 5.81. The molecule has 18 heavy (non-hydrogen) atoms. The maximum atomic E-state index is 11.5. The van der Waals surface area contributed by atoms with Crippen LogP contribution < -0.4 is 10.6 Å². The van der Waals surface area contributed by atoms with Crippen molar-refractivity contribution in [2.24, 2.45) is 5.92 Å². The Labute approximate surface area is 105 Å². The molecule has 2 aliphatic rings. The Morgan fingerprint density at radius 3 is 3.00 bits per heavy atom. The number of carbonyl (C=O) groups is 1. The van der Waals surface area contributed by atoms with E-state index in [9.17, 15) is 15.0 Å². The Morgan fingerprint density at radius 1 is 1.39 bits per heavy atom. The predicted octanol–water partition coefficient (Wildman–Crippen LogP) is 0.964. The van der Waals surface area contributed by atoms with Crippen LogP contribution in [0.5, 0.6) is 5.75 Å². The van der Waals surface area contributed by atoms with Crippen molar-refractivity contribution in [3.05, 3.63) is 23.8 Å². The summed E-state index contributed by atoms with van der Waals surface area (Å²) in [4.78, 5) is 11.5. The number of nitrogens with one attached hydrogen (secondary N) is 2. The van der Waals surface area contributed by atoms with Gasteiger partial charge in [-0.2, -0.15) is 0 Å². The molecule has 96 valence electrons. The van der Waals surface area contributed by atoms with Crippen LogP contribution in [-0.4, -0.2) is 35.3 Å². The Bertz CT molecular complexity index is 489. The van der Waals surface area contributed by atoms with E-state index in [-0.39, 0.29) is 17.7 Å². The third-order valence-corrected chi connectivity index (χ3v) is 3.94. The van der Waals surface area contributed by atoms with Gasteiger partial charge in [0, 0.05) is 30.3 Å². The number of fused-ring (bicyclic) bond motifs is 2. The molecule has 0 saturated carbocycles. The van der Waals surface area contributed by atoms with Gasteiger partial charge in [0.1, 0.15) is 5.75 Å². The van der Waals surface area contributed by atoms with E-state index >= 15 is 0 Å². The van der Waals surface area contributed by atoms with Crippen molar-refractivity contribution in [3.8, 4) is 5.75 Å². The molecular formula is C13H16N2O3. The summed E-state index contributed by atoms with van der Waals surface area (Å²) in [6, 6.07) is 5.04. The first-order valence-corrected chi connectivity index (χ1v) is 6.20. The Balaban J connectivity index is 2.06. The summed E-state index contributed by atoms with van der Waals surface area (Å²) in [6.45, 7) is 1.61. The Hall–Kier alpha value is -1.75. The number of phenolic OH excluding ortho intramolecular Hbond substituents is 1. The Morgan fingerprint density at radius 2 is 2.22 bits per heavy atom. The molecule has 0 aromatic heterocycles. The fraction of sp³-hybridized carbons (Fsp3) is 0.462. The van der Waals surface area contributed by atoms with Gasteiger partial charge in [-0.25, -0.2) is 0 Å². The minimum Gasteiger partial charge on any atom is -0.508 e. The second-order valence-electron chi connectivity index (χ2n) is 4.99. The van der Waals surface area contributed by atoms with Gasteiger partial charge in [-0.15, -0.1) is 0 Å². The minimum absolute atomic E-state index is 0.0632. The lowest BCUT2D eigenvalue weighted by Crippen LogP contribution is -2.50. The van der Waals surface area contributed by atoms with Crippen LogP contribution in [0.1, 0.15) is 17.9 Å². The molecular weight excluding hydrogens is 232 g/mol. The highest BCUT2D eigenvalue weighted by Crippen LogP contribution is 2.41. The zero-order valence-electron chi connectivity index (χ0n) is 9.89. The van der Waals surface area contributed by atoms with Gasteiger partial charge < -0.3 is 20.8 Å². The number of carboxylic acids is 1. The monoisotopic (exact) mass is 248 g/mol. The van der Waals surface area contributed by atoms with E-state index in [0.29, 0.717) is 0 Å². The third-order valence-electron chi connectivity index (χ3n) is 3.94. The van der Waals surface area contributed by atoms with Crippen LogP contribution in [0.25, 0.3) is 0 Å². The molecule has 0 amide bonds. The fourth-order valence-electron chi connectivity index (χ4n) is 3.10. The lowest BCUT2D eigenvalue weighted by Gasteiger charge is -2.42. The molecule has 3 rings (SSSR count). The number of carboxylic acid groups (broad SMARTS) is 1. The first kappa shape index (κ1) is 11.3. The van der Waals surface area contributed by atoms with Crippen molar-refractivity contribution >= 4 is 11.7 Å². The topological polar surface area (TPSA) is 81.6 Å². The Kier molecular flexibility index (Phi) is 2.63. The van der Waals surface area contributed by atoms with Gasteiger partial charge in [0.25, 0.3) is 0 Å². The summed E-state index contributed by atoms with van der Waals surface area (Å²) < 4.78 is 0. The molecule has 5 nitrogen and oxygen atoms in total. The average Bonchev–Trinajstić information content (AvgIpc) is 2.35. The zero-order valence-corrected chi connectivity index (χ0v) is 9.89. The van der Waals surface area contributed by atoms with E-state index in [1.807, 2.05) is 0 Å². The number of hydrogen-bond acceptors (Lipinski definition) is 4. The van der Waals surface area contributed by atoms with Crippen molar-refractivity contribution in [1.29, 1.82) is 0 Å². The van der Waals surface area contributed by atoms with Crippen LogP contribution in [0.3, 0.4) is 0 Å². The van der Waals surface area contributed by atoms with Crippen molar-refractivity contribution in [1.82, 2.24) is 5.32 Å². The quantitative estimate of drug-likeness (QED) is 0.595. The second kappa shape index (κ2) is 4.17. The van der Waals surface area contributed by atoms with Gasteiger partial charge in [0.15, 0.2) is 0 Å². The molecule has 5 heteroatoms. The van der Waals surface area contributed by atoms with Gasteiger partial charge in [-0.1, -0.05) is 6.07 Å². The van der Waals surface area contributed by atoms with E-state index in [2.05, 4.69) is 10.6 Å². The van der Waals surface area contributed by atoms with Crippen LogP contribution in [0, 0.1) is 5.92 Å². The summed E-state index contributed by atoms with van der Waals surface area (Å²) in [7, 11) is 0. The minimum atomic E-state index is -0.790. The lowest BCUT2D eigenvalue weighted by molar-refractivity contribution is -0.140. The van der Waals surface area contributed by atoms with Crippen LogP contribution in [0.4, 0.5) is 5.69 Å². The van der Waals surface area contributed by atoms with Crippen LogP contribution in [-0.2, 0) is 4.79 Å². The highest BCUT2D eigenvalue weighted by atomic mass is 16.4. The van der Waals surface area contributed by atoms with Crippen LogP contribution in [0.2, 0.25) is 0 Å². The molecule has 2 aliphatic heterocycles. The zero-order chi connectivity index (χ0) is 12.7. The summed E-state index contributed by atoms with van der Waals surface area (Å²) in [6.07, 6.45) is 0.906. The number of rotatable bonds is 1. The maximum Gasteiger partial charge on any atom is 0.311 e. The van der Waals surface area contributed by atoms with Gasteiger partial charge in [-0.3, -0.25) is 4.79 Å². The van der Waals surface area contributed by atoms with Crippen molar-refractivity contribution in [2.75, 3.05) is 18.4 Å². The number of aliphatic carboxylic acids is 1. The van der Waals surface area contributed by atoms with Crippen LogP contribution in [0.15, 0.2) is 18.2 Å². The molecule has 0 radical (unpaired) electrons. The number of piperidine rings is 1. The maximum absolute atomic E-state index is 11.5. The number of benzene rings is 1. The van der Waals surface area contributed by atoms with E-state index < -0.39 is 11.9 Å². The molecule has 2 heterocycles. The average molecular weight is 248 g/mol. The van der Waals surface area contributed by atoms with E-state index in [0.717, 1.165) is 30.8 Å². The summed E-state index contributed by atoms with van der Waals surface area (Å²) in [5, 5.41) is 25.6. The number of aromatic hydroxyl groups is 1. The SMILES string of the molecule is O=C(O)C1c2ccc(O)cc2NC2CCNCC21. The molecule has 0 bridgehead atoms. The van der Waals surface area contributed by atoms with E-state index in [4.69, 9.17) is 0 Å². The van der Waals surface area contributed by atoms with Crippen molar-refractivity contribution in [3.63, 3.8) is 0 Å². The van der Waals surface area contributed by atoms with Crippen molar-refractivity contribution < 1.29 is 15.0 Å². The number of hydrogen-bond donors (Lipinski definition) is 4. The number of phenols is 1. The third kappa shape index (κ3) is 1.71. The molecule has 4 N–H and O–H groups in total. The van der Waals surface area contributed by atoms with Crippen molar-refractivity contribution in [2.45, 2.75) is 18.4 Å². The smallest absolute Gasteiger partial charge is 0.311 e. The molecule has 1 aromatic rings. The lowest BCUT2D eigenvalue weighted by atomic mass is 9.75. The number of anilines is 1. The van der Waals surface area contributed by atoms with E-state index in [1.54, 1.807) is 18.2 Å². The largest absolute Gasteiger partial charge is 0.508 e. The molecule has 1 aromatic carbocycles. The molecule has 0 spiro atoms. The van der Waals surface area contributed by atoms with E-state index in [1.165, 1.54) is 0 Å². The van der Waals surface area contributed by atoms with Gasteiger partial charge in [0.2, 0.25) is 0 Å². The second-order valence-corrected chi connectivity index (χ2v) is 4.99. The van der Waals surface area contributed by atoms with Gasteiger partial charge in [0.05, 0.1) is 5.92 Å². The summed E-state index contributed by atoms with van der Waals surface area (Å²) in [5.41, 5.74) is 1.52. The summed E-state index contributed by atoms with van der Waals surface area (Å²) in [5.74, 6) is -1.06. The highest BCUT2D eigenvalue weighted by Gasteiger charge is 2.41. The first-order chi connectivity index (χ1) is 8.66. The molecule has 3 atom stereocenters. The van der Waals surface area contributed by atoms with Gasteiger partial charge >= 0.3 is 5.97 Å². The molecule has 0 aliphatic carbocycles. The van der Waals surface area contributed by atoms with Gasteiger partial charge in [-0.05, 0) is 24.6 Å². The standard InChI is InChI=1S/C13H16N2O3/c16-7-1-2-8-11(5-7)15-10-3-4-14-6-9(10)12(8)13(17)18/h1-2,5,9-10,12,14-16H,3-4,6H2,(H,17,18). The summed E-state index contributed by atoms with van der Waals surface area (Å²) >= 11 is 0. The molecule has 3 unspecified atom stereocenters. The fourth-order valence-corrected chi connectivity index (χ4v) is 3.10. The molecule has 1 fully saturated rings. The molecule has 1 saturated heterocycles. The normalized spacial score (nSPS) is 29.9. The first-order valence-electron chi connectivity index (χ1n) is 6.20.